The van der Waals surface area contributed by atoms with E-state index in [1.54, 1.807) is 0 Å². The van der Waals surface area contributed by atoms with Crippen molar-refractivity contribution in [3.63, 3.8) is 0 Å². The van der Waals surface area contributed by atoms with Crippen molar-refractivity contribution in [3.05, 3.63) is 70.4 Å². The molecule has 8 nitrogen and oxygen atoms in total. The Hall–Kier alpha value is -3.12. The van der Waals surface area contributed by atoms with Crippen molar-refractivity contribution in [2.24, 2.45) is 0 Å². The summed E-state index contributed by atoms with van der Waals surface area (Å²) in [5.41, 5.74) is 3.96. The van der Waals surface area contributed by atoms with Crippen molar-refractivity contribution in [3.8, 4) is 11.1 Å². The highest BCUT2D eigenvalue weighted by Gasteiger charge is 2.30. The number of rotatable bonds is 7. The summed E-state index contributed by atoms with van der Waals surface area (Å²) in [4.78, 5) is 27.4. The Balaban J connectivity index is 1.43. The van der Waals surface area contributed by atoms with Crippen LogP contribution in [0.3, 0.4) is 0 Å². The van der Waals surface area contributed by atoms with Crippen LogP contribution in [0.25, 0.3) is 11.1 Å². The van der Waals surface area contributed by atoms with Gasteiger partial charge in [-0.15, -0.1) is 11.3 Å². The van der Waals surface area contributed by atoms with Gasteiger partial charge in [0.1, 0.15) is 16.4 Å². The van der Waals surface area contributed by atoms with Crippen molar-refractivity contribution in [2.75, 3.05) is 45.2 Å². The number of piperazine rings is 1. The fourth-order valence-corrected chi connectivity index (χ4v) is 6.62. The SMILES string of the molecule is COC(=O)c1c(-c2cc(C)ccc2C)csc1NC(=O)CN1CCN(S(=O)(=O)c2ccc(F)cc2)CC1. The van der Waals surface area contributed by atoms with E-state index in [1.807, 2.05) is 42.3 Å². The van der Waals surface area contributed by atoms with Crippen LogP contribution in [0.2, 0.25) is 0 Å². The Labute approximate surface area is 219 Å². The second kappa shape index (κ2) is 11.1. The van der Waals surface area contributed by atoms with Crippen LogP contribution >= 0.6 is 11.3 Å². The molecule has 0 spiro atoms. The molecule has 1 saturated heterocycles. The van der Waals surface area contributed by atoms with Crippen LogP contribution in [0, 0.1) is 19.7 Å². The number of esters is 1. The van der Waals surface area contributed by atoms with Crippen LogP contribution in [0.1, 0.15) is 21.5 Å². The zero-order valence-corrected chi connectivity index (χ0v) is 22.4. The number of ether oxygens (including phenoxy) is 1. The first-order valence-corrected chi connectivity index (χ1v) is 14.0. The molecule has 0 bridgehead atoms. The standard InChI is InChI=1S/C26H28FN3O5S2/c1-17-4-5-18(2)21(14-17)22-16-36-25(24(22)26(32)35-3)28-23(31)15-29-10-12-30(13-11-29)37(33,34)20-8-6-19(27)7-9-20/h4-9,14,16H,10-13,15H2,1-3H3,(H,28,31). The molecule has 2 aromatic carbocycles. The molecule has 1 aliphatic heterocycles. The topological polar surface area (TPSA) is 96.0 Å². The number of carbonyl (C=O) groups is 2. The van der Waals surface area contributed by atoms with E-state index in [0.717, 1.165) is 28.8 Å². The van der Waals surface area contributed by atoms with Crippen LogP contribution in [0.4, 0.5) is 9.39 Å². The second-order valence-corrected chi connectivity index (χ2v) is 11.7. The zero-order valence-electron chi connectivity index (χ0n) is 20.8. The highest BCUT2D eigenvalue weighted by Crippen LogP contribution is 2.38. The predicted octanol–water partition coefficient (Wildman–Crippen LogP) is 3.90. The average molecular weight is 546 g/mol. The van der Waals surface area contributed by atoms with E-state index in [-0.39, 0.29) is 30.4 Å². The largest absolute Gasteiger partial charge is 0.465 e. The highest BCUT2D eigenvalue weighted by molar-refractivity contribution is 7.89. The summed E-state index contributed by atoms with van der Waals surface area (Å²) in [7, 11) is -2.43. The molecule has 196 valence electrons. The van der Waals surface area contributed by atoms with E-state index in [2.05, 4.69) is 5.32 Å². The molecule has 3 aromatic rings. The Kier molecular flexibility index (Phi) is 8.08. The molecule has 1 amide bonds. The van der Waals surface area contributed by atoms with E-state index in [0.29, 0.717) is 29.2 Å². The number of hydrogen-bond donors (Lipinski definition) is 1. The van der Waals surface area contributed by atoms with Gasteiger partial charge < -0.3 is 10.1 Å². The lowest BCUT2D eigenvalue weighted by Crippen LogP contribution is -2.50. The third-order valence-electron chi connectivity index (χ3n) is 6.27. The lowest BCUT2D eigenvalue weighted by molar-refractivity contribution is -0.117. The number of thiophene rings is 1. The third-order valence-corrected chi connectivity index (χ3v) is 9.07. The maximum atomic E-state index is 13.2. The summed E-state index contributed by atoms with van der Waals surface area (Å²) in [5.74, 6) is -1.35. The minimum Gasteiger partial charge on any atom is -0.465 e. The minimum atomic E-state index is -3.74. The lowest BCUT2D eigenvalue weighted by Gasteiger charge is -2.33. The van der Waals surface area contributed by atoms with Gasteiger partial charge in [-0.1, -0.05) is 23.8 Å². The summed E-state index contributed by atoms with van der Waals surface area (Å²) in [5, 5.41) is 5.08. The van der Waals surface area contributed by atoms with Gasteiger partial charge in [-0.2, -0.15) is 4.31 Å². The molecule has 0 aliphatic carbocycles. The molecule has 2 heterocycles. The van der Waals surface area contributed by atoms with Crippen molar-refractivity contribution < 1.29 is 27.1 Å². The normalized spacial score (nSPS) is 14.9. The Bertz CT molecular complexity index is 1410. The van der Waals surface area contributed by atoms with Crippen molar-refractivity contribution in [1.82, 2.24) is 9.21 Å². The minimum absolute atomic E-state index is 0.0350. The monoisotopic (exact) mass is 545 g/mol. The van der Waals surface area contributed by atoms with Crippen LogP contribution in [-0.2, 0) is 19.6 Å². The first-order chi connectivity index (χ1) is 17.6. The number of nitrogens with one attached hydrogen (secondary N) is 1. The van der Waals surface area contributed by atoms with Gasteiger partial charge >= 0.3 is 5.97 Å². The summed E-state index contributed by atoms with van der Waals surface area (Å²) >= 11 is 1.26. The van der Waals surface area contributed by atoms with E-state index in [1.165, 1.54) is 34.9 Å². The number of benzene rings is 2. The summed E-state index contributed by atoms with van der Waals surface area (Å²) in [6.45, 7) is 5.10. The van der Waals surface area contributed by atoms with E-state index in [4.69, 9.17) is 4.74 Å². The van der Waals surface area contributed by atoms with Crippen molar-refractivity contribution >= 4 is 38.2 Å². The number of halogens is 1. The molecule has 1 aliphatic rings. The number of nitrogens with zero attached hydrogens (tertiary/aromatic N) is 2. The number of aryl methyl sites for hydroxylation is 2. The maximum absolute atomic E-state index is 13.2. The maximum Gasteiger partial charge on any atom is 0.341 e. The molecule has 0 radical (unpaired) electrons. The molecule has 0 atom stereocenters. The number of amides is 1. The Morgan fingerprint density at radius 3 is 2.35 bits per heavy atom. The summed E-state index contributed by atoms with van der Waals surface area (Å²) < 4.78 is 45.2. The molecule has 37 heavy (non-hydrogen) atoms. The molecule has 0 unspecified atom stereocenters. The van der Waals surface area contributed by atoms with Crippen molar-refractivity contribution in [2.45, 2.75) is 18.7 Å². The van der Waals surface area contributed by atoms with Crippen LogP contribution in [0.5, 0.6) is 0 Å². The van der Waals surface area contributed by atoms with Gasteiger partial charge in [0.25, 0.3) is 0 Å². The predicted molar refractivity (Wildman–Crippen MR) is 141 cm³/mol. The molecule has 1 aromatic heterocycles. The van der Waals surface area contributed by atoms with Gasteiger partial charge in [0.15, 0.2) is 0 Å². The first kappa shape index (κ1) is 26.9. The van der Waals surface area contributed by atoms with Crippen LogP contribution < -0.4 is 5.32 Å². The number of anilines is 1. The summed E-state index contributed by atoms with van der Waals surface area (Å²) in [6, 6.07) is 10.7. The molecule has 0 saturated carbocycles. The van der Waals surface area contributed by atoms with Crippen molar-refractivity contribution in [1.29, 1.82) is 0 Å². The number of sulfonamides is 1. The lowest BCUT2D eigenvalue weighted by atomic mass is 9.97. The first-order valence-electron chi connectivity index (χ1n) is 11.7. The Morgan fingerprint density at radius 1 is 1.03 bits per heavy atom. The fraction of sp³-hybridized carbons (Fsp3) is 0.308. The number of methoxy groups -OCH3 is 1. The van der Waals surface area contributed by atoms with Gasteiger partial charge in [0, 0.05) is 37.1 Å². The van der Waals surface area contributed by atoms with Crippen LogP contribution in [-0.4, -0.2) is 69.3 Å². The summed E-state index contributed by atoms with van der Waals surface area (Å²) in [6.07, 6.45) is 0. The second-order valence-electron chi connectivity index (χ2n) is 8.85. The zero-order chi connectivity index (χ0) is 26.7. The molecular formula is C26H28FN3O5S2. The van der Waals surface area contributed by atoms with Gasteiger partial charge in [0.05, 0.1) is 18.6 Å². The Morgan fingerprint density at radius 2 is 1.70 bits per heavy atom. The third kappa shape index (κ3) is 5.90. The quantitative estimate of drug-likeness (QED) is 0.453. The molecule has 4 rings (SSSR count). The van der Waals surface area contributed by atoms with E-state index >= 15 is 0 Å². The van der Waals surface area contributed by atoms with Gasteiger partial charge in [-0.3, -0.25) is 9.69 Å². The van der Waals surface area contributed by atoms with Gasteiger partial charge in [-0.05, 0) is 49.2 Å². The molecular weight excluding hydrogens is 517 g/mol. The highest BCUT2D eigenvalue weighted by atomic mass is 32.2. The number of hydrogen-bond acceptors (Lipinski definition) is 7. The van der Waals surface area contributed by atoms with E-state index < -0.39 is 21.8 Å². The molecule has 1 N–H and O–H groups in total. The van der Waals surface area contributed by atoms with Gasteiger partial charge in [-0.25, -0.2) is 17.6 Å². The number of carbonyl (C=O) groups excluding carboxylic acids is 2. The fourth-order valence-electron chi connectivity index (χ4n) is 4.23. The van der Waals surface area contributed by atoms with Crippen LogP contribution in [0.15, 0.2) is 52.7 Å². The average Bonchev–Trinajstić information content (AvgIpc) is 3.28. The van der Waals surface area contributed by atoms with E-state index in [9.17, 15) is 22.4 Å². The molecule has 1 fully saturated rings. The smallest absolute Gasteiger partial charge is 0.341 e. The molecule has 11 heteroatoms. The van der Waals surface area contributed by atoms with Gasteiger partial charge in [0.2, 0.25) is 15.9 Å².